The summed E-state index contributed by atoms with van der Waals surface area (Å²) in [6, 6.07) is 19.9. The van der Waals surface area contributed by atoms with E-state index >= 15 is 0 Å². The molecule has 0 saturated carbocycles. The average molecular weight is 462 g/mol. The maximum Gasteiger partial charge on any atom is 0.272 e. The van der Waals surface area contributed by atoms with E-state index < -0.39 is 11.6 Å². The summed E-state index contributed by atoms with van der Waals surface area (Å²) in [5, 5.41) is 4.48. The fourth-order valence-corrected chi connectivity index (χ4v) is 4.13. The molecule has 0 spiro atoms. The highest BCUT2D eigenvalue weighted by atomic mass is 19.1. The van der Waals surface area contributed by atoms with Gasteiger partial charge in [0.15, 0.2) is 0 Å². The van der Waals surface area contributed by atoms with E-state index in [1.807, 2.05) is 4.90 Å². The molecule has 1 saturated heterocycles. The lowest BCUT2D eigenvalue weighted by Crippen LogP contribution is -2.49. The van der Waals surface area contributed by atoms with Gasteiger partial charge in [-0.2, -0.15) is 5.10 Å². The normalized spacial score (nSPS) is 13.9. The van der Waals surface area contributed by atoms with E-state index in [0.29, 0.717) is 43.2 Å². The molecule has 0 atom stereocenters. The third-order valence-corrected chi connectivity index (χ3v) is 5.91. The first-order chi connectivity index (χ1) is 16.5. The number of halogens is 3. The Hall–Kier alpha value is -4.07. The second-order valence-corrected chi connectivity index (χ2v) is 8.01. The number of piperazine rings is 1. The Balaban J connectivity index is 1.45. The van der Waals surface area contributed by atoms with Crippen LogP contribution in [0.25, 0.3) is 16.9 Å². The summed E-state index contributed by atoms with van der Waals surface area (Å²) in [6.07, 6.45) is 0. The highest BCUT2D eigenvalue weighted by Crippen LogP contribution is 2.26. The molecule has 0 N–H and O–H groups in total. The molecule has 0 radical (unpaired) electrons. The van der Waals surface area contributed by atoms with Crippen molar-refractivity contribution in [1.82, 2.24) is 14.7 Å². The van der Waals surface area contributed by atoms with Gasteiger partial charge in [0.05, 0.1) is 17.1 Å². The summed E-state index contributed by atoms with van der Waals surface area (Å²) in [5.74, 6) is -1.45. The van der Waals surface area contributed by atoms with Crippen LogP contribution in [0.15, 0.2) is 78.9 Å². The second kappa shape index (κ2) is 9.05. The van der Waals surface area contributed by atoms with Crippen LogP contribution in [0.2, 0.25) is 0 Å². The fraction of sp³-hybridized carbons (Fsp3) is 0.154. The minimum atomic E-state index is -0.455. The van der Waals surface area contributed by atoms with E-state index in [2.05, 4.69) is 5.10 Å². The van der Waals surface area contributed by atoms with Crippen LogP contribution in [0.3, 0.4) is 0 Å². The van der Waals surface area contributed by atoms with E-state index in [1.54, 1.807) is 47.4 Å². The van der Waals surface area contributed by atoms with Gasteiger partial charge in [-0.1, -0.05) is 24.3 Å². The topological polar surface area (TPSA) is 41.4 Å². The molecular weight excluding hydrogens is 441 g/mol. The first-order valence-corrected chi connectivity index (χ1v) is 10.9. The largest absolute Gasteiger partial charge is 0.366 e. The fourth-order valence-electron chi connectivity index (χ4n) is 4.13. The Morgan fingerprint density at radius 1 is 0.765 bits per heavy atom. The van der Waals surface area contributed by atoms with E-state index in [0.717, 1.165) is 0 Å². The van der Waals surface area contributed by atoms with Crippen molar-refractivity contribution in [1.29, 1.82) is 0 Å². The van der Waals surface area contributed by atoms with Crippen molar-refractivity contribution >= 4 is 11.6 Å². The van der Waals surface area contributed by atoms with Crippen molar-refractivity contribution in [3.05, 3.63) is 102 Å². The SMILES string of the molecule is O=C(c1cc(-c2ccccc2F)nn1-c1ccc(F)cc1)N1CCN(c2ccccc2F)CC1. The monoisotopic (exact) mass is 462 g/mol. The van der Waals surface area contributed by atoms with Crippen molar-refractivity contribution < 1.29 is 18.0 Å². The molecule has 2 heterocycles. The lowest BCUT2D eigenvalue weighted by Gasteiger charge is -2.36. The number of aromatic nitrogens is 2. The molecule has 5 nitrogen and oxygen atoms in total. The summed E-state index contributed by atoms with van der Waals surface area (Å²) in [6.45, 7) is 1.71. The zero-order valence-corrected chi connectivity index (χ0v) is 18.2. The lowest BCUT2D eigenvalue weighted by atomic mass is 10.1. The summed E-state index contributed by atoms with van der Waals surface area (Å²) in [5.41, 5.74) is 1.80. The van der Waals surface area contributed by atoms with Gasteiger partial charge in [0.2, 0.25) is 0 Å². The number of nitrogens with zero attached hydrogens (tertiary/aromatic N) is 4. The zero-order chi connectivity index (χ0) is 23.7. The standard InChI is InChI=1S/C26H21F3N4O/c27-18-9-11-19(12-10-18)33-25(17-23(30-33)20-5-1-2-6-21(20)28)26(34)32-15-13-31(14-16-32)24-8-4-3-7-22(24)29/h1-12,17H,13-16H2. The predicted octanol–water partition coefficient (Wildman–Crippen LogP) is 4.92. The first kappa shape index (κ1) is 21.8. The van der Waals surface area contributed by atoms with Crippen molar-refractivity contribution in [3.63, 3.8) is 0 Å². The van der Waals surface area contributed by atoms with E-state index in [-0.39, 0.29) is 23.0 Å². The molecule has 1 aliphatic heterocycles. The number of hydrogen-bond donors (Lipinski definition) is 0. The first-order valence-electron chi connectivity index (χ1n) is 10.9. The average Bonchev–Trinajstić information content (AvgIpc) is 3.30. The van der Waals surface area contributed by atoms with Crippen LogP contribution in [-0.4, -0.2) is 46.8 Å². The molecule has 172 valence electrons. The van der Waals surface area contributed by atoms with Crippen LogP contribution in [0.1, 0.15) is 10.5 Å². The molecule has 34 heavy (non-hydrogen) atoms. The molecule has 0 aliphatic carbocycles. The van der Waals surface area contributed by atoms with Gasteiger partial charge in [-0.15, -0.1) is 0 Å². The molecule has 1 fully saturated rings. The van der Waals surface area contributed by atoms with Crippen LogP contribution >= 0.6 is 0 Å². The molecule has 0 unspecified atom stereocenters. The second-order valence-electron chi connectivity index (χ2n) is 8.01. The summed E-state index contributed by atoms with van der Waals surface area (Å²) in [7, 11) is 0. The smallest absolute Gasteiger partial charge is 0.272 e. The number of para-hydroxylation sites is 1. The van der Waals surface area contributed by atoms with Crippen LogP contribution in [0, 0.1) is 17.5 Å². The molecular formula is C26H21F3N4O. The Morgan fingerprint density at radius 2 is 1.41 bits per heavy atom. The van der Waals surface area contributed by atoms with Gasteiger partial charge in [0, 0.05) is 31.7 Å². The van der Waals surface area contributed by atoms with E-state index in [1.165, 1.54) is 41.1 Å². The van der Waals surface area contributed by atoms with Gasteiger partial charge >= 0.3 is 0 Å². The van der Waals surface area contributed by atoms with Gasteiger partial charge in [-0.3, -0.25) is 4.79 Å². The number of amides is 1. The third kappa shape index (κ3) is 4.14. The summed E-state index contributed by atoms with van der Waals surface area (Å²) in [4.78, 5) is 17.1. The van der Waals surface area contributed by atoms with Crippen LogP contribution in [0.4, 0.5) is 18.9 Å². The molecule has 4 aromatic rings. The molecule has 1 aromatic heterocycles. The Kier molecular flexibility index (Phi) is 5.79. The van der Waals surface area contributed by atoms with Gasteiger partial charge in [-0.25, -0.2) is 17.9 Å². The van der Waals surface area contributed by atoms with Crippen LogP contribution in [0.5, 0.6) is 0 Å². The van der Waals surface area contributed by atoms with Gasteiger partial charge in [0.25, 0.3) is 5.91 Å². The van der Waals surface area contributed by atoms with Gasteiger partial charge in [-0.05, 0) is 54.6 Å². The predicted molar refractivity (Wildman–Crippen MR) is 123 cm³/mol. The molecule has 3 aromatic carbocycles. The van der Waals surface area contributed by atoms with Crippen molar-refractivity contribution in [2.75, 3.05) is 31.1 Å². The van der Waals surface area contributed by atoms with Crippen molar-refractivity contribution in [2.45, 2.75) is 0 Å². The highest BCUT2D eigenvalue weighted by molar-refractivity contribution is 5.94. The summed E-state index contributed by atoms with van der Waals surface area (Å²) >= 11 is 0. The van der Waals surface area contributed by atoms with E-state index in [4.69, 9.17) is 0 Å². The van der Waals surface area contributed by atoms with Gasteiger partial charge < -0.3 is 9.80 Å². The van der Waals surface area contributed by atoms with Gasteiger partial charge in [0.1, 0.15) is 23.1 Å². The number of anilines is 1. The van der Waals surface area contributed by atoms with E-state index in [9.17, 15) is 18.0 Å². The number of hydrogen-bond acceptors (Lipinski definition) is 3. The molecule has 1 aliphatic rings. The maximum absolute atomic E-state index is 14.4. The number of carbonyl (C=O) groups excluding carboxylic acids is 1. The number of carbonyl (C=O) groups is 1. The number of rotatable bonds is 4. The van der Waals surface area contributed by atoms with Crippen LogP contribution in [-0.2, 0) is 0 Å². The zero-order valence-electron chi connectivity index (χ0n) is 18.2. The molecule has 8 heteroatoms. The maximum atomic E-state index is 14.4. The Labute approximate surface area is 194 Å². The Bertz CT molecular complexity index is 1330. The molecule has 0 bridgehead atoms. The third-order valence-electron chi connectivity index (χ3n) is 5.91. The molecule has 5 rings (SSSR count). The highest BCUT2D eigenvalue weighted by Gasteiger charge is 2.27. The minimum absolute atomic E-state index is 0.240. The lowest BCUT2D eigenvalue weighted by molar-refractivity contribution is 0.0737. The van der Waals surface area contributed by atoms with Crippen LogP contribution < -0.4 is 4.90 Å². The summed E-state index contributed by atoms with van der Waals surface area (Å²) < 4.78 is 43.5. The minimum Gasteiger partial charge on any atom is -0.366 e. The molecule has 1 amide bonds. The number of benzene rings is 3. The Morgan fingerprint density at radius 3 is 2.09 bits per heavy atom. The quantitative estimate of drug-likeness (QED) is 0.432. The van der Waals surface area contributed by atoms with Crippen molar-refractivity contribution in [2.24, 2.45) is 0 Å². The van der Waals surface area contributed by atoms with Crippen molar-refractivity contribution in [3.8, 4) is 16.9 Å².